The number of amides is 1. The number of hydrogen-bond donors (Lipinski definition) is 1. The molecule has 0 saturated heterocycles. The lowest BCUT2D eigenvalue weighted by atomic mass is 10.2. The van der Waals surface area contributed by atoms with Crippen molar-refractivity contribution in [1.29, 1.82) is 0 Å². The highest BCUT2D eigenvalue weighted by Crippen LogP contribution is 2.20. The Bertz CT molecular complexity index is 991. The Kier molecular flexibility index (Phi) is 5.80. The number of halogens is 2. The van der Waals surface area contributed by atoms with Crippen LogP contribution in [0, 0.1) is 5.82 Å². The molecule has 0 saturated carbocycles. The fourth-order valence-electron chi connectivity index (χ4n) is 2.34. The van der Waals surface area contributed by atoms with Crippen LogP contribution in [0.1, 0.15) is 10.4 Å². The van der Waals surface area contributed by atoms with E-state index in [-0.39, 0.29) is 11.7 Å². The highest BCUT2D eigenvalue weighted by atomic mass is 79.9. The molecule has 1 aromatic heterocycles. The maximum Gasteiger partial charge on any atom is 0.271 e. The molecule has 0 aliphatic heterocycles. The highest BCUT2D eigenvalue weighted by molar-refractivity contribution is 9.10. The number of hydrogen-bond acceptors (Lipinski definition) is 3. The van der Waals surface area contributed by atoms with E-state index in [0.717, 1.165) is 15.7 Å². The maximum absolute atomic E-state index is 13.2. The molecule has 0 fully saturated rings. The van der Waals surface area contributed by atoms with Gasteiger partial charge in [-0.1, -0.05) is 22.0 Å². The van der Waals surface area contributed by atoms with Crippen molar-refractivity contribution in [3.8, 4) is 11.3 Å². The Morgan fingerprint density at radius 3 is 2.58 bits per heavy atom. The zero-order valence-corrected chi connectivity index (χ0v) is 16.1. The summed E-state index contributed by atoms with van der Waals surface area (Å²) in [7, 11) is 0. The summed E-state index contributed by atoms with van der Waals surface area (Å²) in [4.78, 5) is 12.8. The van der Waals surface area contributed by atoms with Crippen LogP contribution >= 0.6 is 27.3 Å². The van der Waals surface area contributed by atoms with Crippen molar-refractivity contribution in [3.63, 3.8) is 0 Å². The first-order valence-electron chi connectivity index (χ1n) is 7.73. The minimum absolute atomic E-state index is 0.286. The molecule has 1 N–H and O–H groups in total. The van der Waals surface area contributed by atoms with Gasteiger partial charge in [0.25, 0.3) is 5.91 Å². The zero-order valence-electron chi connectivity index (χ0n) is 13.7. The summed E-state index contributed by atoms with van der Waals surface area (Å²) >= 11 is 4.72. The van der Waals surface area contributed by atoms with E-state index in [0.29, 0.717) is 16.9 Å². The molecule has 0 radical (unpaired) electrons. The molecule has 26 heavy (non-hydrogen) atoms. The quantitative estimate of drug-likeness (QED) is 0.467. The Labute approximate surface area is 162 Å². The van der Waals surface area contributed by atoms with Crippen LogP contribution in [0.3, 0.4) is 0 Å². The van der Waals surface area contributed by atoms with E-state index in [1.54, 1.807) is 42.5 Å². The number of rotatable bonds is 5. The number of aromatic nitrogens is 1. The van der Waals surface area contributed by atoms with Crippen molar-refractivity contribution in [2.24, 2.45) is 5.10 Å². The molecule has 0 atom stereocenters. The minimum Gasteiger partial charge on any atom is -0.311 e. The first-order chi connectivity index (χ1) is 12.6. The highest BCUT2D eigenvalue weighted by Gasteiger charge is 2.08. The van der Waals surface area contributed by atoms with Crippen molar-refractivity contribution in [2.75, 3.05) is 0 Å². The van der Waals surface area contributed by atoms with Crippen molar-refractivity contribution >= 4 is 33.2 Å². The summed E-state index contributed by atoms with van der Waals surface area (Å²) in [6, 6.07) is 13.3. The second-order valence-electron chi connectivity index (χ2n) is 5.37. The van der Waals surface area contributed by atoms with Gasteiger partial charge in [-0.3, -0.25) is 4.79 Å². The Balaban J connectivity index is 1.90. The Morgan fingerprint density at radius 1 is 1.23 bits per heavy atom. The lowest BCUT2D eigenvalue weighted by Crippen LogP contribution is -2.24. The van der Waals surface area contributed by atoms with Crippen molar-refractivity contribution in [2.45, 2.75) is 6.54 Å². The van der Waals surface area contributed by atoms with Crippen LogP contribution in [0.15, 0.2) is 76.1 Å². The third-order valence-electron chi connectivity index (χ3n) is 3.61. The minimum atomic E-state index is -0.292. The maximum atomic E-state index is 13.2. The topological polar surface area (TPSA) is 46.4 Å². The van der Waals surface area contributed by atoms with Gasteiger partial charge in [0, 0.05) is 22.0 Å². The third-order valence-corrected chi connectivity index (χ3v) is 5.00. The third kappa shape index (κ3) is 4.17. The van der Waals surface area contributed by atoms with Gasteiger partial charge in [-0.2, -0.15) is 0 Å². The number of allylic oxidation sites excluding steroid dienone is 1. The molecule has 0 aliphatic rings. The van der Waals surface area contributed by atoms with Crippen molar-refractivity contribution in [3.05, 3.63) is 87.2 Å². The number of carbonyl (C=O) groups is 1. The first-order valence-corrected chi connectivity index (χ1v) is 9.40. The molecule has 0 spiro atoms. The fraction of sp³-hybridized carbons (Fsp3) is 0.0526. The molecule has 132 valence electrons. The fourth-order valence-corrected chi connectivity index (χ4v) is 3.48. The zero-order chi connectivity index (χ0) is 18.5. The summed E-state index contributed by atoms with van der Waals surface area (Å²) in [6.45, 7) is 4.28. The second kappa shape index (κ2) is 8.25. The van der Waals surface area contributed by atoms with E-state index in [2.05, 4.69) is 33.0 Å². The van der Waals surface area contributed by atoms with Crippen LogP contribution in [0.4, 0.5) is 4.39 Å². The summed E-state index contributed by atoms with van der Waals surface area (Å²) in [5, 5.41) is 6.15. The Morgan fingerprint density at radius 2 is 1.92 bits per heavy atom. The second-order valence-corrected chi connectivity index (χ2v) is 7.12. The molecular formula is C19H15BrFN3OS. The molecule has 3 rings (SSSR count). The number of benzene rings is 2. The SMILES string of the molecule is C=CCn1c(-c2ccc(F)cc2)cs/c1=N\NC(=O)c1ccc(Br)cc1. The number of carbonyl (C=O) groups excluding carboxylic acids is 1. The van der Waals surface area contributed by atoms with Crippen LogP contribution < -0.4 is 10.2 Å². The van der Waals surface area contributed by atoms with Crippen LogP contribution in [0.5, 0.6) is 0 Å². The number of thiazole rings is 1. The van der Waals surface area contributed by atoms with E-state index in [9.17, 15) is 9.18 Å². The molecule has 7 heteroatoms. The molecule has 1 amide bonds. The number of nitrogens with zero attached hydrogens (tertiary/aromatic N) is 2. The molecular weight excluding hydrogens is 417 g/mol. The van der Waals surface area contributed by atoms with Gasteiger partial charge in [-0.15, -0.1) is 23.0 Å². The van der Waals surface area contributed by atoms with E-state index in [1.807, 2.05) is 9.95 Å². The Hall–Kier alpha value is -2.51. The molecule has 0 aliphatic carbocycles. The van der Waals surface area contributed by atoms with Gasteiger partial charge in [0.15, 0.2) is 0 Å². The number of nitrogens with one attached hydrogen (secondary N) is 1. The summed E-state index contributed by atoms with van der Waals surface area (Å²) in [5.41, 5.74) is 4.84. The molecule has 0 bridgehead atoms. The van der Waals surface area contributed by atoms with Gasteiger partial charge in [0.05, 0.1) is 5.69 Å². The predicted octanol–water partition coefficient (Wildman–Crippen LogP) is 4.55. The smallest absolute Gasteiger partial charge is 0.271 e. The average molecular weight is 432 g/mol. The molecule has 0 unspecified atom stereocenters. The summed E-state index contributed by atoms with van der Waals surface area (Å²) in [6.07, 6.45) is 1.75. The predicted molar refractivity (Wildman–Crippen MR) is 105 cm³/mol. The molecule has 1 heterocycles. The lowest BCUT2D eigenvalue weighted by Gasteiger charge is -2.06. The van der Waals surface area contributed by atoms with Gasteiger partial charge in [0.2, 0.25) is 4.80 Å². The molecule has 4 nitrogen and oxygen atoms in total. The van der Waals surface area contributed by atoms with E-state index < -0.39 is 0 Å². The van der Waals surface area contributed by atoms with E-state index >= 15 is 0 Å². The summed E-state index contributed by atoms with van der Waals surface area (Å²) < 4.78 is 16.0. The van der Waals surface area contributed by atoms with E-state index in [1.165, 1.54) is 23.5 Å². The standard InChI is InChI=1S/C19H15BrFN3OS/c1-2-11-24-17(13-5-9-16(21)10-6-13)12-26-19(24)23-22-18(25)14-3-7-15(20)8-4-14/h2-10,12H,1,11H2,(H,22,25)/b23-19-. The van der Waals surface area contributed by atoms with Crippen LogP contribution in [-0.4, -0.2) is 10.5 Å². The molecule has 3 aromatic rings. The van der Waals surface area contributed by atoms with Gasteiger partial charge < -0.3 is 4.57 Å². The van der Waals surface area contributed by atoms with Gasteiger partial charge >= 0.3 is 0 Å². The average Bonchev–Trinajstić information content (AvgIpc) is 3.04. The normalized spacial score (nSPS) is 11.4. The van der Waals surface area contributed by atoms with Crippen molar-refractivity contribution in [1.82, 2.24) is 9.99 Å². The largest absolute Gasteiger partial charge is 0.311 e. The van der Waals surface area contributed by atoms with Gasteiger partial charge in [-0.25, -0.2) is 9.82 Å². The van der Waals surface area contributed by atoms with Gasteiger partial charge in [-0.05, 0) is 54.1 Å². The van der Waals surface area contributed by atoms with E-state index in [4.69, 9.17) is 0 Å². The monoisotopic (exact) mass is 431 g/mol. The first kappa shape index (κ1) is 18.3. The van der Waals surface area contributed by atoms with Crippen molar-refractivity contribution < 1.29 is 9.18 Å². The van der Waals surface area contributed by atoms with Crippen LogP contribution in [0.2, 0.25) is 0 Å². The summed E-state index contributed by atoms with van der Waals surface area (Å²) in [5.74, 6) is -0.578. The van der Waals surface area contributed by atoms with Gasteiger partial charge in [0.1, 0.15) is 5.82 Å². The van der Waals surface area contributed by atoms with Crippen LogP contribution in [0.25, 0.3) is 11.3 Å². The lowest BCUT2D eigenvalue weighted by molar-refractivity contribution is 0.0953. The van der Waals surface area contributed by atoms with Crippen LogP contribution in [-0.2, 0) is 6.54 Å². The molecule has 2 aromatic carbocycles.